The van der Waals surface area contributed by atoms with Crippen molar-refractivity contribution in [2.45, 2.75) is 27.3 Å². The molecule has 1 aromatic heterocycles. The van der Waals surface area contributed by atoms with Crippen LogP contribution in [-0.4, -0.2) is 30.8 Å². The first-order valence-electron chi connectivity index (χ1n) is 8.95. The van der Waals surface area contributed by atoms with E-state index in [-0.39, 0.29) is 5.91 Å². The molecule has 1 heterocycles. The number of carbonyl (C=O) groups is 1. The molecule has 0 radical (unpaired) electrons. The van der Waals surface area contributed by atoms with Gasteiger partial charge in [-0.2, -0.15) is 4.99 Å². The molecule has 6 heteroatoms. The van der Waals surface area contributed by atoms with Crippen LogP contribution in [-0.2, 0) is 11.3 Å². The highest BCUT2D eigenvalue weighted by atomic mass is 32.1. The molecule has 3 rings (SSSR count). The van der Waals surface area contributed by atoms with Gasteiger partial charge in [0.15, 0.2) is 4.80 Å². The van der Waals surface area contributed by atoms with Gasteiger partial charge in [-0.05, 0) is 44.5 Å². The van der Waals surface area contributed by atoms with Gasteiger partial charge in [0.25, 0.3) is 5.91 Å². The fourth-order valence-corrected chi connectivity index (χ4v) is 4.12. The number of hydrogen-bond donors (Lipinski definition) is 0. The number of benzene rings is 2. The Balaban J connectivity index is 2.15. The highest BCUT2D eigenvalue weighted by molar-refractivity contribution is 7.16. The van der Waals surface area contributed by atoms with Crippen molar-refractivity contribution in [3.63, 3.8) is 0 Å². The quantitative estimate of drug-likeness (QED) is 0.643. The van der Waals surface area contributed by atoms with Gasteiger partial charge in [0.05, 0.1) is 17.9 Å². The number of thiazole rings is 1. The number of para-hydroxylation sites is 1. The summed E-state index contributed by atoms with van der Waals surface area (Å²) >= 11 is 1.49. The second-order valence-electron chi connectivity index (χ2n) is 6.30. The standard InChI is InChI=1S/C21H24N2O3S/c1-5-26-17-7-6-8-18-19(17)23(11-12-25-4)21(27-18)22-20(24)16-10-9-14(2)13-15(16)3/h6-10,13H,5,11-12H2,1-4H3. The molecule has 0 aliphatic carbocycles. The number of amides is 1. The van der Waals surface area contributed by atoms with Gasteiger partial charge in [-0.25, -0.2) is 0 Å². The number of nitrogens with zero attached hydrogens (tertiary/aromatic N) is 2. The Bertz CT molecular complexity index is 1030. The zero-order valence-electron chi connectivity index (χ0n) is 16.1. The summed E-state index contributed by atoms with van der Waals surface area (Å²) in [6, 6.07) is 11.7. The van der Waals surface area contributed by atoms with E-state index >= 15 is 0 Å². The smallest absolute Gasteiger partial charge is 0.279 e. The molecule has 142 valence electrons. The minimum atomic E-state index is -0.233. The first kappa shape index (κ1) is 19.3. The van der Waals surface area contributed by atoms with Crippen molar-refractivity contribution in [1.29, 1.82) is 0 Å². The first-order valence-corrected chi connectivity index (χ1v) is 9.77. The zero-order valence-corrected chi connectivity index (χ0v) is 16.9. The Morgan fingerprint density at radius 1 is 1.22 bits per heavy atom. The average molecular weight is 385 g/mol. The lowest BCUT2D eigenvalue weighted by Gasteiger charge is -2.09. The Morgan fingerprint density at radius 2 is 2.04 bits per heavy atom. The minimum Gasteiger partial charge on any atom is -0.492 e. The molecule has 0 saturated heterocycles. The summed E-state index contributed by atoms with van der Waals surface area (Å²) in [7, 11) is 1.66. The summed E-state index contributed by atoms with van der Waals surface area (Å²) in [5, 5.41) is 0. The van der Waals surface area contributed by atoms with Gasteiger partial charge in [-0.3, -0.25) is 4.79 Å². The molecule has 0 aliphatic heterocycles. The highest BCUT2D eigenvalue weighted by Gasteiger charge is 2.14. The van der Waals surface area contributed by atoms with Crippen molar-refractivity contribution in [1.82, 2.24) is 4.57 Å². The van der Waals surface area contributed by atoms with E-state index in [2.05, 4.69) is 4.99 Å². The van der Waals surface area contributed by atoms with Crippen LogP contribution in [0.1, 0.15) is 28.4 Å². The number of methoxy groups -OCH3 is 1. The van der Waals surface area contributed by atoms with Crippen LogP contribution in [0, 0.1) is 13.8 Å². The molecule has 3 aromatic rings. The normalized spacial score (nSPS) is 11.9. The van der Waals surface area contributed by atoms with E-state index in [1.165, 1.54) is 11.3 Å². The molecule has 0 atom stereocenters. The number of hydrogen-bond acceptors (Lipinski definition) is 4. The van der Waals surface area contributed by atoms with E-state index in [0.717, 1.165) is 27.1 Å². The predicted octanol–water partition coefficient (Wildman–Crippen LogP) is 4.11. The molecule has 0 aliphatic rings. The molecular weight excluding hydrogens is 360 g/mol. The second-order valence-corrected chi connectivity index (χ2v) is 7.31. The first-order chi connectivity index (χ1) is 13.0. The zero-order chi connectivity index (χ0) is 19.4. The van der Waals surface area contributed by atoms with Crippen molar-refractivity contribution >= 4 is 27.5 Å². The van der Waals surface area contributed by atoms with Crippen LogP contribution in [0.15, 0.2) is 41.4 Å². The summed E-state index contributed by atoms with van der Waals surface area (Å²) in [6.07, 6.45) is 0. The highest BCUT2D eigenvalue weighted by Crippen LogP contribution is 2.27. The maximum Gasteiger partial charge on any atom is 0.279 e. The molecule has 5 nitrogen and oxygen atoms in total. The van der Waals surface area contributed by atoms with Crippen LogP contribution in [0.5, 0.6) is 5.75 Å². The number of carbonyl (C=O) groups excluding carboxylic acids is 1. The van der Waals surface area contributed by atoms with Gasteiger partial charge in [-0.15, -0.1) is 0 Å². The lowest BCUT2D eigenvalue weighted by molar-refractivity contribution is 0.0996. The van der Waals surface area contributed by atoms with Gasteiger partial charge >= 0.3 is 0 Å². The Morgan fingerprint density at radius 3 is 2.74 bits per heavy atom. The van der Waals surface area contributed by atoms with Crippen LogP contribution < -0.4 is 9.54 Å². The number of aryl methyl sites for hydroxylation is 2. The predicted molar refractivity (Wildman–Crippen MR) is 109 cm³/mol. The van der Waals surface area contributed by atoms with Crippen LogP contribution in [0.3, 0.4) is 0 Å². The SMILES string of the molecule is CCOc1cccc2sc(=NC(=O)c3ccc(C)cc3C)n(CCOC)c12. The van der Waals surface area contributed by atoms with Gasteiger partial charge in [0, 0.05) is 19.2 Å². The second kappa shape index (κ2) is 8.50. The summed E-state index contributed by atoms with van der Waals surface area (Å²) in [4.78, 5) is 17.9. The fourth-order valence-electron chi connectivity index (χ4n) is 3.05. The molecule has 0 bridgehead atoms. The van der Waals surface area contributed by atoms with E-state index < -0.39 is 0 Å². The molecule has 0 fully saturated rings. The van der Waals surface area contributed by atoms with E-state index in [0.29, 0.717) is 30.1 Å². The van der Waals surface area contributed by atoms with Gasteiger partial charge in [-0.1, -0.05) is 35.1 Å². The fraction of sp³-hybridized carbons (Fsp3) is 0.333. The Kier molecular flexibility index (Phi) is 6.08. The average Bonchev–Trinajstić information content (AvgIpc) is 2.98. The third-order valence-electron chi connectivity index (χ3n) is 4.29. The number of rotatable bonds is 6. The lowest BCUT2D eigenvalue weighted by atomic mass is 10.1. The van der Waals surface area contributed by atoms with Crippen molar-refractivity contribution in [2.24, 2.45) is 4.99 Å². The largest absolute Gasteiger partial charge is 0.492 e. The Hall–Kier alpha value is -2.44. The monoisotopic (exact) mass is 384 g/mol. The van der Waals surface area contributed by atoms with Gasteiger partial charge < -0.3 is 14.0 Å². The van der Waals surface area contributed by atoms with E-state index in [1.54, 1.807) is 7.11 Å². The van der Waals surface area contributed by atoms with E-state index in [9.17, 15) is 4.79 Å². The number of aromatic nitrogens is 1. The van der Waals surface area contributed by atoms with Gasteiger partial charge in [0.1, 0.15) is 11.3 Å². The maximum absolute atomic E-state index is 12.8. The summed E-state index contributed by atoms with van der Waals surface area (Å²) < 4.78 is 14.1. The summed E-state index contributed by atoms with van der Waals surface area (Å²) in [6.45, 7) is 7.61. The number of ether oxygens (including phenoxy) is 2. The molecule has 0 saturated carbocycles. The molecule has 0 N–H and O–H groups in total. The molecular formula is C21H24N2O3S. The van der Waals surface area contributed by atoms with E-state index in [4.69, 9.17) is 9.47 Å². The number of fused-ring (bicyclic) bond motifs is 1. The van der Waals surface area contributed by atoms with Crippen molar-refractivity contribution in [3.05, 3.63) is 57.9 Å². The molecule has 2 aromatic carbocycles. The van der Waals surface area contributed by atoms with Crippen molar-refractivity contribution < 1.29 is 14.3 Å². The van der Waals surface area contributed by atoms with Crippen molar-refractivity contribution in [2.75, 3.05) is 20.3 Å². The van der Waals surface area contributed by atoms with Crippen LogP contribution in [0.2, 0.25) is 0 Å². The van der Waals surface area contributed by atoms with Crippen LogP contribution in [0.25, 0.3) is 10.2 Å². The molecule has 27 heavy (non-hydrogen) atoms. The third-order valence-corrected chi connectivity index (χ3v) is 5.34. The topological polar surface area (TPSA) is 52.8 Å². The minimum absolute atomic E-state index is 0.233. The van der Waals surface area contributed by atoms with Crippen LogP contribution in [0.4, 0.5) is 0 Å². The summed E-state index contributed by atoms with van der Waals surface area (Å²) in [5.74, 6) is 0.561. The molecule has 0 spiro atoms. The lowest BCUT2D eigenvalue weighted by Crippen LogP contribution is -2.20. The van der Waals surface area contributed by atoms with Crippen molar-refractivity contribution in [3.8, 4) is 5.75 Å². The maximum atomic E-state index is 12.8. The van der Waals surface area contributed by atoms with E-state index in [1.807, 2.05) is 61.7 Å². The van der Waals surface area contributed by atoms with Gasteiger partial charge in [0.2, 0.25) is 0 Å². The molecule has 0 unspecified atom stereocenters. The Labute approximate surface area is 162 Å². The molecule has 1 amide bonds. The van der Waals surface area contributed by atoms with Crippen LogP contribution >= 0.6 is 11.3 Å². The summed E-state index contributed by atoms with van der Waals surface area (Å²) in [5.41, 5.74) is 3.64. The third kappa shape index (κ3) is 4.12.